The fourth-order valence-corrected chi connectivity index (χ4v) is 1.65. The van der Waals surface area contributed by atoms with Gasteiger partial charge in [-0.1, -0.05) is 0 Å². The highest BCUT2D eigenvalue weighted by Gasteiger charge is 2.19. The first-order valence-corrected chi connectivity index (χ1v) is 6.21. The van der Waals surface area contributed by atoms with Crippen LogP contribution in [0.5, 0.6) is 0 Å². The van der Waals surface area contributed by atoms with Crippen LogP contribution in [0.4, 0.5) is 5.82 Å². The van der Waals surface area contributed by atoms with Gasteiger partial charge in [0, 0.05) is 22.6 Å². The quantitative estimate of drug-likeness (QED) is 0.876. The van der Waals surface area contributed by atoms with E-state index in [1.807, 2.05) is 26.8 Å². The Morgan fingerprint density at radius 2 is 2.24 bits per heavy atom. The van der Waals surface area contributed by atoms with Gasteiger partial charge in [0.05, 0.1) is 0 Å². The number of hydrogen-bond donors (Lipinski definition) is 2. The van der Waals surface area contributed by atoms with Crippen molar-refractivity contribution >= 4 is 27.7 Å². The van der Waals surface area contributed by atoms with E-state index in [-0.39, 0.29) is 12.0 Å². The molecule has 0 atom stereocenters. The first kappa shape index (κ1) is 14.0. The summed E-state index contributed by atoms with van der Waals surface area (Å²) < 4.78 is 0.964. The minimum Gasteiger partial charge on any atom is -0.481 e. The average molecular weight is 301 g/mol. The zero-order valence-electron chi connectivity index (χ0n) is 10.2. The van der Waals surface area contributed by atoms with Crippen molar-refractivity contribution in [2.75, 3.05) is 5.32 Å². The number of hydrogen-bond acceptors (Lipinski definition) is 3. The summed E-state index contributed by atoms with van der Waals surface area (Å²) >= 11 is 3.39. The molecule has 0 radical (unpaired) electrons. The van der Waals surface area contributed by atoms with Gasteiger partial charge in [0.1, 0.15) is 5.82 Å². The summed E-state index contributed by atoms with van der Waals surface area (Å²) in [5.74, 6) is -0.0130. The normalized spacial score (nSPS) is 11.3. The second kappa shape index (κ2) is 5.49. The third-order valence-electron chi connectivity index (χ3n) is 2.48. The van der Waals surface area contributed by atoms with Gasteiger partial charge in [0.25, 0.3) is 0 Å². The summed E-state index contributed by atoms with van der Waals surface area (Å²) in [5, 5.41) is 11.9. The van der Waals surface area contributed by atoms with Gasteiger partial charge in [0.15, 0.2) is 0 Å². The lowest BCUT2D eigenvalue weighted by Gasteiger charge is -2.26. The van der Waals surface area contributed by atoms with Crippen LogP contribution in [0.2, 0.25) is 0 Å². The molecule has 0 aliphatic rings. The number of halogens is 1. The Hall–Kier alpha value is -1.10. The summed E-state index contributed by atoms with van der Waals surface area (Å²) in [5.41, 5.74) is 0.808. The highest BCUT2D eigenvalue weighted by molar-refractivity contribution is 9.10. The summed E-state index contributed by atoms with van der Waals surface area (Å²) in [6.07, 6.45) is 2.44. The van der Waals surface area contributed by atoms with Crippen molar-refractivity contribution in [3.05, 3.63) is 22.3 Å². The van der Waals surface area contributed by atoms with E-state index >= 15 is 0 Å². The van der Waals surface area contributed by atoms with Gasteiger partial charge in [-0.05, 0) is 54.8 Å². The fraction of sp³-hybridized carbons (Fsp3) is 0.500. The molecule has 0 aliphatic carbocycles. The minimum atomic E-state index is -0.778. The Balaban J connectivity index is 2.68. The van der Waals surface area contributed by atoms with Crippen LogP contribution in [0.1, 0.15) is 32.3 Å². The van der Waals surface area contributed by atoms with Crippen LogP contribution in [0.25, 0.3) is 0 Å². The molecular weight excluding hydrogens is 284 g/mol. The molecule has 0 unspecified atom stereocenters. The number of carboxylic acids is 1. The first-order valence-electron chi connectivity index (χ1n) is 5.42. The van der Waals surface area contributed by atoms with Crippen molar-refractivity contribution in [1.82, 2.24) is 4.98 Å². The van der Waals surface area contributed by atoms with E-state index in [0.717, 1.165) is 15.9 Å². The molecule has 0 spiro atoms. The Kier molecular flexibility index (Phi) is 4.51. The fourth-order valence-electron chi connectivity index (χ4n) is 1.44. The Bertz CT molecular complexity index is 419. The van der Waals surface area contributed by atoms with E-state index in [0.29, 0.717) is 6.42 Å². The number of carbonyl (C=O) groups is 1. The molecule has 1 rings (SSSR count). The van der Waals surface area contributed by atoms with E-state index in [4.69, 9.17) is 5.11 Å². The predicted octanol–water partition coefficient (Wildman–Crippen LogP) is 3.21. The van der Waals surface area contributed by atoms with Gasteiger partial charge in [-0.2, -0.15) is 0 Å². The van der Waals surface area contributed by atoms with E-state index in [1.54, 1.807) is 6.20 Å². The zero-order valence-corrected chi connectivity index (χ0v) is 11.8. The number of pyridine rings is 1. The van der Waals surface area contributed by atoms with Crippen molar-refractivity contribution < 1.29 is 9.90 Å². The second-order valence-electron chi connectivity index (χ2n) is 4.72. The minimum absolute atomic E-state index is 0.148. The number of nitrogens with zero attached hydrogens (tertiary/aromatic N) is 1. The van der Waals surface area contributed by atoms with E-state index in [2.05, 4.69) is 26.2 Å². The van der Waals surface area contributed by atoms with Crippen LogP contribution in [0.3, 0.4) is 0 Å². The summed E-state index contributed by atoms with van der Waals surface area (Å²) in [6, 6.07) is 1.94. The van der Waals surface area contributed by atoms with Gasteiger partial charge >= 0.3 is 5.97 Å². The molecule has 2 N–H and O–H groups in total. The molecule has 17 heavy (non-hydrogen) atoms. The maximum atomic E-state index is 10.5. The molecule has 0 amide bonds. The van der Waals surface area contributed by atoms with Crippen molar-refractivity contribution in [3.8, 4) is 0 Å². The van der Waals surface area contributed by atoms with Gasteiger partial charge < -0.3 is 10.4 Å². The van der Waals surface area contributed by atoms with Crippen LogP contribution >= 0.6 is 15.9 Å². The highest BCUT2D eigenvalue weighted by atomic mass is 79.9. The lowest BCUT2D eigenvalue weighted by atomic mass is 9.98. The monoisotopic (exact) mass is 300 g/mol. The number of nitrogens with one attached hydrogen (secondary N) is 1. The predicted molar refractivity (Wildman–Crippen MR) is 71.2 cm³/mol. The summed E-state index contributed by atoms with van der Waals surface area (Å²) in [4.78, 5) is 14.8. The Morgan fingerprint density at radius 3 is 2.76 bits per heavy atom. The van der Waals surface area contributed by atoms with E-state index in [1.165, 1.54) is 0 Å². The topological polar surface area (TPSA) is 62.2 Å². The SMILES string of the molecule is Cc1cc(NC(C)(C)CCC(=O)O)ncc1Br. The molecule has 1 heterocycles. The molecule has 1 aromatic rings. The van der Waals surface area contributed by atoms with Crippen LogP contribution in [-0.4, -0.2) is 21.6 Å². The second-order valence-corrected chi connectivity index (χ2v) is 5.58. The highest BCUT2D eigenvalue weighted by Crippen LogP contribution is 2.22. The van der Waals surface area contributed by atoms with Crippen molar-refractivity contribution in [3.63, 3.8) is 0 Å². The standard InChI is InChI=1S/C12H17BrN2O2/c1-8-6-10(14-7-9(8)13)15-12(2,3)5-4-11(16)17/h6-7H,4-5H2,1-3H3,(H,14,15)(H,16,17). The molecule has 4 nitrogen and oxygen atoms in total. The first-order chi connectivity index (χ1) is 7.80. The lowest BCUT2D eigenvalue weighted by Crippen LogP contribution is -2.32. The molecule has 5 heteroatoms. The number of aliphatic carboxylic acids is 1. The van der Waals surface area contributed by atoms with Crippen LogP contribution in [0, 0.1) is 6.92 Å². The molecular formula is C12H17BrN2O2. The number of carboxylic acid groups (broad SMARTS) is 1. The summed E-state index contributed by atoms with van der Waals surface area (Å²) in [7, 11) is 0. The molecule has 94 valence electrons. The third-order valence-corrected chi connectivity index (χ3v) is 3.31. The molecule has 0 bridgehead atoms. The van der Waals surface area contributed by atoms with Gasteiger partial charge in [-0.15, -0.1) is 0 Å². The maximum absolute atomic E-state index is 10.5. The van der Waals surface area contributed by atoms with Crippen molar-refractivity contribution in [1.29, 1.82) is 0 Å². The Morgan fingerprint density at radius 1 is 1.59 bits per heavy atom. The third kappa shape index (κ3) is 4.73. The summed E-state index contributed by atoms with van der Waals surface area (Å²) in [6.45, 7) is 5.92. The maximum Gasteiger partial charge on any atom is 0.303 e. The number of aryl methyl sites for hydroxylation is 1. The van der Waals surface area contributed by atoms with Crippen molar-refractivity contribution in [2.24, 2.45) is 0 Å². The number of aromatic nitrogens is 1. The van der Waals surface area contributed by atoms with Gasteiger partial charge in [-0.3, -0.25) is 4.79 Å². The van der Waals surface area contributed by atoms with Gasteiger partial charge in [0.2, 0.25) is 0 Å². The van der Waals surface area contributed by atoms with Crippen LogP contribution in [-0.2, 0) is 4.79 Å². The average Bonchev–Trinajstić information content (AvgIpc) is 2.21. The van der Waals surface area contributed by atoms with Crippen molar-refractivity contribution in [2.45, 2.75) is 39.2 Å². The zero-order chi connectivity index (χ0) is 13.1. The van der Waals surface area contributed by atoms with Crippen LogP contribution in [0.15, 0.2) is 16.7 Å². The Labute approximate surface area is 110 Å². The van der Waals surface area contributed by atoms with E-state index < -0.39 is 5.97 Å². The van der Waals surface area contributed by atoms with Gasteiger partial charge in [-0.25, -0.2) is 4.98 Å². The molecule has 0 aromatic carbocycles. The number of anilines is 1. The molecule has 0 fully saturated rings. The van der Waals surface area contributed by atoms with Crippen LogP contribution < -0.4 is 5.32 Å². The molecule has 0 aliphatic heterocycles. The largest absolute Gasteiger partial charge is 0.481 e. The molecule has 0 saturated carbocycles. The molecule has 0 saturated heterocycles. The molecule has 1 aromatic heterocycles. The lowest BCUT2D eigenvalue weighted by molar-refractivity contribution is -0.137. The number of rotatable bonds is 5. The van der Waals surface area contributed by atoms with E-state index in [9.17, 15) is 4.79 Å². The smallest absolute Gasteiger partial charge is 0.303 e.